The molecule has 0 saturated heterocycles. The molecule has 1 aromatic carbocycles. The van der Waals surface area contributed by atoms with Crippen LogP contribution in [0.25, 0.3) is 0 Å². The molecule has 18 heavy (non-hydrogen) atoms. The third kappa shape index (κ3) is 3.99. The number of benzene rings is 1. The molecular formula is C15H21NO2. The van der Waals surface area contributed by atoms with Gasteiger partial charge in [0.1, 0.15) is 0 Å². The van der Waals surface area contributed by atoms with E-state index < -0.39 is 17.2 Å². The van der Waals surface area contributed by atoms with Crippen molar-refractivity contribution in [1.82, 2.24) is 5.32 Å². The summed E-state index contributed by atoms with van der Waals surface area (Å²) in [5.41, 5.74) is 1.19. The molecule has 0 aliphatic carbocycles. The molecule has 1 amide bonds. The zero-order valence-corrected chi connectivity index (χ0v) is 11.7. The van der Waals surface area contributed by atoms with Gasteiger partial charge in [-0.25, -0.2) is 0 Å². The maximum Gasteiger partial charge on any atom is 0.292 e. The van der Waals surface area contributed by atoms with Crippen LogP contribution in [0.4, 0.5) is 0 Å². The molecule has 0 saturated carbocycles. The van der Waals surface area contributed by atoms with Gasteiger partial charge in [-0.3, -0.25) is 9.59 Å². The Morgan fingerprint density at radius 2 is 1.56 bits per heavy atom. The van der Waals surface area contributed by atoms with Crippen LogP contribution in [0.2, 0.25) is 0 Å². The molecule has 0 heterocycles. The summed E-state index contributed by atoms with van der Waals surface area (Å²) in [6, 6.07) is 7.20. The lowest BCUT2D eigenvalue weighted by atomic mass is 10.00. The van der Waals surface area contributed by atoms with Crippen molar-refractivity contribution in [2.45, 2.75) is 46.1 Å². The number of carbonyl (C=O) groups is 2. The quantitative estimate of drug-likeness (QED) is 0.659. The van der Waals surface area contributed by atoms with Gasteiger partial charge in [-0.15, -0.1) is 0 Å². The predicted molar refractivity (Wildman–Crippen MR) is 72.8 cm³/mol. The molecule has 0 radical (unpaired) electrons. The van der Waals surface area contributed by atoms with Gasteiger partial charge in [0.25, 0.3) is 5.91 Å². The fourth-order valence-corrected chi connectivity index (χ4v) is 1.55. The van der Waals surface area contributed by atoms with Crippen LogP contribution >= 0.6 is 0 Å². The van der Waals surface area contributed by atoms with Crippen molar-refractivity contribution in [3.63, 3.8) is 0 Å². The molecule has 0 aliphatic heterocycles. The zero-order chi connectivity index (χ0) is 13.9. The molecule has 0 fully saturated rings. The van der Waals surface area contributed by atoms with Gasteiger partial charge in [-0.1, -0.05) is 38.1 Å². The summed E-state index contributed by atoms with van der Waals surface area (Å²) < 4.78 is 0. The number of ketones is 1. The van der Waals surface area contributed by atoms with Gasteiger partial charge in [0, 0.05) is 11.1 Å². The lowest BCUT2D eigenvalue weighted by Gasteiger charge is -2.19. The average molecular weight is 247 g/mol. The van der Waals surface area contributed by atoms with Gasteiger partial charge in [0.05, 0.1) is 0 Å². The Labute approximate surface area is 109 Å². The highest BCUT2D eigenvalue weighted by molar-refractivity contribution is 6.42. The highest BCUT2D eigenvalue weighted by atomic mass is 16.2. The predicted octanol–water partition coefficient (Wildman–Crippen LogP) is 2.91. The van der Waals surface area contributed by atoms with E-state index >= 15 is 0 Å². The first kappa shape index (κ1) is 14.4. The lowest BCUT2D eigenvalue weighted by molar-refractivity contribution is -0.118. The highest BCUT2D eigenvalue weighted by Crippen LogP contribution is 2.15. The third-order valence-corrected chi connectivity index (χ3v) is 2.53. The van der Waals surface area contributed by atoms with Crippen molar-refractivity contribution in [2.24, 2.45) is 0 Å². The molecule has 1 rings (SSSR count). The van der Waals surface area contributed by atoms with E-state index in [2.05, 4.69) is 19.2 Å². The van der Waals surface area contributed by atoms with E-state index in [1.54, 1.807) is 12.1 Å². The van der Waals surface area contributed by atoms with E-state index in [4.69, 9.17) is 0 Å². The molecule has 0 bridgehead atoms. The smallest absolute Gasteiger partial charge is 0.292 e. The largest absolute Gasteiger partial charge is 0.345 e. The minimum atomic E-state index is -0.556. The Balaban J connectivity index is 2.82. The number of hydrogen-bond acceptors (Lipinski definition) is 2. The van der Waals surface area contributed by atoms with Crippen LogP contribution in [0.1, 0.15) is 56.5 Å². The summed E-state index contributed by atoms with van der Waals surface area (Å²) in [4.78, 5) is 23.6. The summed E-state index contributed by atoms with van der Waals surface area (Å²) in [7, 11) is 0. The number of Topliss-reactive ketones (excluding diaryl/α,β-unsaturated/α-hetero) is 1. The van der Waals surface area contributed by atoms with Crippen LogP contribution in [0.3, 0.4) is 0 Å². The summed E-state index contributed by atoms with van der Waals surface area (Å²) in [6.45, 7) is 9.71. The first-order chi connectivity index (χ1) is 8.20. The van der Waals surface area contributed by atoms with E-state index in [1.807, 2.05) is 32.9 Å². The summed E-state index contributed by atoms with van der Waals surface area (Å²) in [6.07, 6.45) is 0. The van der Waals surface area contributed by atoms with E-state index in [0.717, 1.165) is 5.56 Å². The van der Waals surface area contributed by atoms with Gasteiger partial charge < -0.3 is 5.32 Å². The highest BCUT2D eigenvalue weighted by Gasteiger charge is 2.21. The molecule has 98 valence electrons. The standard InChI is InChI=1S/C15H21NO2/c1-10(2)11-6-8-12(9-7-11)13(17)14(18)16-15(3,4)5/h6-10H,1-5H3,(H,16,18). The van der Waals surface area contributed by atoms with Crippen molar-refractivity contribution in [3.05, 3.63) is 35.4 Å². The van der Waals surface area contributed by atoms with Crippen LogP contribution in [0.15, 0.2) is 24.3 Å². The zero-order valence-electron chi connectivity index (χ0n) is 11.7. The van der Waals surface area contributed by atoms with Gasteiger partial charge in [-0.05, 0) is 32.3 Å². The van der Waals surface area contributed by atoms with Gasteiger partial charge in [-0.2, -0.15) is 0 Å². The fourth-order valence-electron chi connectivity index (χ4n) is 1.55. The molecule has 0 unspecified atom stereocenters. The second-order valence-corrected chi connectivity index (χ2v) is 5.81. The molecule has 3 heteroatoms. The molecule has 0 aliphatic rings. The van der Waals surface area contributed by atoms with Gasteiger partial charge >= 0.3 is 0 Å². The number of carbonyl (C=O) groups excluding carboxylic acids is 2. The first-order valence-corrected chi connectivity index (χ1v) is 6.17. The van der Waals surface area contributed by atoms with Crippen LogP contribution in [-0.4, -0.2) is 17.2 Å². The Morgan fingerprint density at radius 3 is 1.94 bits per heavy atom. The molecule has 1 aromatic rings. The van der Waals surface area contributed by atoms with Gasteiger partial charge in [0.2, 0.25) is 5.78 Å². The van der Waals surface area contributed by atoms with E-state index in [1.165, 1.54) is 0 Å². The average Bonchev–Trinajstić information content (AvgIpc) is 2.26. The summed E-state index contributed by atoms with van der Waals surface area (Å²) >= 11 is 0. The van der Waals surface area contributed by atoms with Crippen molar-refractivity contribution < 1.29 is 9.59 Å². The van der Waals surface area contributed by atoms with Gasteiger partial charge in [0.15, 0.2) is 0 Å². The second kappa shape index (κ2) is 5.34. The van der Waals surface area contributed by atoms with Crippen molar-refractivity contribution >= 4 is 11.7 Å². The first-order valence-electron chi connectivity index (χ1n) is 6.17. The Hall–Kier alpha value is -1.64. The van der Waals surface area contributed by atoms with Crippen molar-refractivity contribution in [1.29, 1.82) is 0 Å². The molecular weight excluding hydrogens is 226 g/mol. The minimum Gasteiger partial charge on any atom is -0.345 e. The van der Waals surface area contributed by atoms with Crippen LogP contribution in [0, 0.1) is 0 Å². The van der Waals surface area contributed by atoms with E-state index in [9.17, 15) is 9.59 Å². The van der Waals surface area contributed by atoms with Crippen LogP contribution < -0.4 is 5.32 Å². The van der Waals surface area contributed by atoms with E-state index in [-0.39, 0.29) is 0 Å². The maximum atomic E-state index is 11.9. The minimum absolute atomic E-state index is 0.398. The number of nitrogens with one attached hydrogen (secondary N) is 1. The Kier molecular flexibility index (Phi) is 4.28. The monoisotopic (exact) mass is 247 g/mol. The normalized spacial score (nSPS) is 11.4. The number of hydrogen-bond donors (Lipinski definition) is 1. The number of rotatable bonds is 3. The molecule has 0 aromatic heterocycles. The molecule has 3 nitrogen and oxygen atoms in total. The van der Waals surface area contributed by atoms with Crippen molar-refractivity contribution in [2.75, 3.05) is 0 Å². The maximum absolute atomic E-state index is 11.9. The fraction of sp³-hybridized carbons (Fsp3) is 0.467. The Bertz CT molecular complexity index is 439. The van der Waals surface area contributed by atoms with Crippen LogP contribution in [-0.2, 0) is 4.79 Å². The van der Waals surface area contributed by atoms with E-state index in [0.29, 0.717) is 11.5 Å². The van der Waals surface area contributed by atoms with Crippen LogP contribution in [0.5, 0.6) is 0 Å². The molecule has 0 spiro atoms. The number of amides is 1. The summed E-state index contributed by atoms with van der Waals surface area (Å²) in [5.74, 6) is -0.627. The molecule has 1 N–H and O–H groups in total. The molecule has 0 atom stereocenters. The summed E-state index contributed by atoms with van der Waals surface area (Å²) in [5, 5.41) is 2.67. The lowest BCUT2D eigenvalue weighted by Crippen LogP contribution is -2.44. The third-order valence-electron chi connectivity index (χ3n) is 2.53. The Morgan fingerprint density at radius 1 is 1.06 bits per heavy atom. The SMILES string of the molecule is CC(C)c1ccc(C(=O)C(=O)NC(C)(C)C)cc1. The second-order valence-electron chi connectivity index (χ2n) is 5.81. The van der Waals surface area contributed by atoms with Crippen molar-refractivity contribution in [3.8, 4) is 0 Å². The topological polar surface area (TPSA) is 46.2 Å².